The van der Waals surface area contributed by atoms with Gasteiger partial charge in [0, 0.05) is 25.3 Å². The first-order chi connectivity index (χ1) is 25.7. The maximum Gasteiger partial charge on any atom is 0.413 e. The van der Waals surface area contributed by atoms with Crippen molar-refractivity contribution >= 4 is 26.3 Å². The second-order valence-corrected chi connectivity index (χ2v) is 21.4. The number of fused-ring (bicyclic) bond motifs is 2. The Morgan fingerprint density at radius 2 is 1.56 bits per heavy atom. The molecule has 2 aromatic rings. The number of benzene rings is 2. The first-order valence-electron chi connectivity index (χ1n) is 18.6. The number of esters is 2. The van der Waals surface area contributed by atoms with E-state index in [2.05, 4.69) is 57.5 Å². The molecule has 1 saturated heterocycles. The number of hydrogen-bond donors (Lipinski definition) is 0. The van der Waals surface area contributed by atoms with Crippen LogP contribution in [0.25, 0.3) is 0 Å². The molecule has 5 rings (SSSR count). The highest BCUT2D eigenvalue weighted by Gasteiger charge is 2.54. The van der Waals surface area contributed by atoms with Crippen molar-refractivity contribution in [2.45, 2.75) is 128 Å². The molecule has 1 heterocycles. The van der Waals surface area contributed by atoms with E-state index in [0.29, 0.717) is 34.4 Å². The van der Waals surface area contributed by atoms with E-state index in [-0.39, 0.29) is 11.5 Å². The lowest BCUT2D eigenvalue weighted by Crippen LogP contribution is -2.53. The van der Waals surface area contributed by atoms with Crippen LogP contribution >= 0.6 is 0 Å². The molecule has 0 aromatic heterocycles. The van der Waals surface area contributed by atoms with E-state index in [1.54, 1.807) is 64.3 Å². The fourth-order valence-corrected chi connectivity index (χ4v) is 8.15. The van der Waals surface area contributed by atoms with E-state index in [1.807, 2.05) is 37.3 Å². The molecule has 10 nitrogen and oxygen atoms in total. The summed E-state index contributed by atoms with van der Waals surface area (Å²) in [5, 5.41) is -0.172. The van der Waals surface area contributed by atoms with E-state index >= 15 is 0 Å². The van der Waals surface area contributed by atoms with Crippen LogP contribution in [0.5, 0.6) is 5.75 Å². The molecular formula is C44H53NO9Si. The fourth-order valence-electron chi connectivity index (χ4n) is 6.66. The maximum atomic E-state index is 14.8. The molecule has 2 aliphatic carbocycles. The number of nitrogens with zero attached hydrogens (tertiary/aromatic N) is 1. The number of rotatable bonds is 8. The zero-order valence-corrected chi connectivity index (χ0v) is 34.8. The summed E-state index contributed by atoms with van der Waals surface area (Å²) < 4.78 is 37.4. The van der Waals surface area contributed by atoms with Crippen LogP contribution in [-0.2, 0) is 33.0 Å². The smallest absolute Gasteiger partial charge is 0.413 e. The van der Waals surface area contributed by atoms with Gasteiger partial charge in [0.1, 0.15) is 29.1 Å². The van der Waals surface area contributed by atoms with Crippen LogP contribution < -0.4 is 4.74 Å². The van der Waals surface area contributed by atoms with Gasteiger partial charge in [0.15, 0.2) is 26.8 Å². The molecule has 0 saturated carbocycles. The number of carbonyl (C=O) groups is 3. The molecule has 6 atom stereocenters. The Morgan fingerprint density at radius 1 is 0.909 bits per heavy atom. The van der Waals surface area contributed by atoms with Crippen LogP contribution in [0, 0.1) is 23.7 Å². The molecule has 55 heavy (non-hydrogen) atoms. The van der Waals surface area contributed by atoms with Gasteiger partial charge < -0.3 is 28.1 Å². The second kappa shape index (κ2) is 16.1. The fraction of sp³-hybridized carbons (Fsp3) is 0.477. The lowest BCUT2D eigenvalue weighted by molar-refractivity contribution is -0.163. The van der Waals surface area contributed by atoms with Crippen molar-refractivity contribution in [3.8, 4) is 29.4 Å². The minimum absolute atomic E-state index is 0.172. The highest BCUT2D eigenvalue weighted by molar-refractivity contribution is 6.74. The van der Waals surface area contributed by atoms with Crippen molar-refractivity contribution in [1.82, 2.24) is 4.90 Å². The zero-order chi connectivity index (χ0) is 40.3. The Morgan fingerprint density at radius 3 is 2.16 bits per heavy atom. The normalized spacial score (nSPS) is 25.7. The summed E-state index contributed by atoms with van der Waals surface area (Å²) in [6, 6.07) is 15.4. The summed E-state index contributed by atoms with van der Waals surface area (Å²) in [4.78, 5) is 42.8. The van der Waals surface area contributed by atoms with Crippen LogP contribution in [0.3, 0.4) is 0 Å². The summed E-state index contributed by atoms with van der Waals surface area (Å²) in [6.45, 7) is 19.3. The van der Waals surface area contributed by atoms with Gasteiger partial charge >= 0.3 is 18.0 Å². The quantitative estimate of drug-likeness (QED) is 0.0861. The number of hydrogen-bond acceptors (Lipinski definition) is 9. The summed E-state index contributed by atoms with van der Waals surface area (Å²) in [5.41, 5.74) is 0.668. The number of amides is 1. The van der Waals surface area contributed by atoms with E-state index in [0.717, 1.165) is 0 Å². The van der Waals surface area contributed by atoms with Gasteiger partial charge in [-0.25, -0.2) is 9.59 Å². The predicted molar refractivity (Wildman–Crippen MR) is 211 cm³/mol. The van der Waals surface area contributed by atoms with Gasteiger partial charge in [-0.3, -0.25) is 9.69 Å². The molecule has 2 aromatic carbocycles. The lowest BCUT2D eigenvalue weighted by Gasteiger charge is -2.47. The minimum atomic E-state index is -2.50. The summed E-state index contributed by atoms with van der Waals surface area (Å²) in [7, 11) is -0.926. The lowest BCUT2D eigenvalue weighted by atomic mass is 9.77. The number of allylic oxidation sites excluding steroid dienone is 2. The van der Waals surface area contributed by atoms with E-state index in [1.165, 1.54) is 11.8 Å². The van der Waals surface area contributed by atoms with E-state index < -0.39 is 68.1 Å². The molecule has 0 spiro atoms. The Hall–Kier alpha value is -4.81. The average Bonchev–Trinajstić information content (AvgIpc) is 3.51. The molecule has 1 fully saturated rings. The van der Waals surface area contributed by atoms with Crippen molar-refractivity contribution in [3.05, 3.63) is 89.0 Å². The van der Waals surface area contributed by atoms with E-state index in [9.17, 15) is 14.4 Å². The molecular weight excluding hydrogens is 715 g/mol. The largest absolute Gasteiger partial charge is 0.497 e. The third-order valence-corrected chi connectivity index (χ3v) is 14.9. The highest BCUT2D eigenvalue weighted by Crippen LogP contribution is 2.48. The Bertz CT molecular complexity index is 1950. The third kappa shape index (κ3) is 9.53. The third-order valence-electron chi connectivity index (χ3n) is 10.4. The number of carbonyl (C=O) groups excluding carboxylic acids is 3. The molecule has 0 radical (unpaired) electrons. The van der Waals surface area contributed by atoms with Gasteiger partial charge in [-0.05, 0) is 92.7 Å². The molecule has 292 valence electrons. The predicted octanol–water partition coefficient (Wildman–Crippen LogP) is 8.36. The standard InChI is InChI=1S/C44H53NO9Si/c1-29-34-27-44(54-55(10,11)43(6,7)8,26-18-13-12-17-21-35(34)50-30(2)46)28-36(29)51-40(47)38-37(31-19-15-14-16-20-31)45(41(48)53-42(3,4)5)39(52-38)32-22-24-33(49-9)25-23-32/h12-16,19-20,22-25,35-39H,27-28H2,1-11H3/b13-12-/t35?,36?,37-,38+,39+,44?/m0/s1. The van der Waals surface area contributed by atoms with Crippen molar-refractivity contribution in [2.75, 3.05) is 7.11 Å². The van der Waals surface area contributed by atoms with Crippen LogP contribution in [-0.4, -0.2) is 67.9 Å². The Kier molecular flexibility index (Phi) is 12.1. The van der Waals surface area contributed by atoms with Crippen molar-refractivity contribution < 1.29 is 42.5 Å². The van der Waals surface area contributed by atoms with Crippen molar-refractivity contribution in [2.24, 2.45) is 0 Å². The van der Waals surface area contributed by atoms with Crippen LogP contribution in [0.2, 0.25) is 18.1 Å². The topological polar surface area (TPSA) is 110 Å². The Labute approximate surface area is 326 Å². The molecule has 3 unspecified atom stereocenters. The van der Waals surface area contributed by atoms with Gasteiger partial charge in [-0.15, -0.1) is 0 Å². The van der Waals surface area contributed by atoms with Crippen LogP contribution in [0.1, 0.15) is 91.6 Å². The zero-order valence-electron chi connectivity index (χ0n) is 33.8. The second-order valence-electron chi connectivity index (χ2n) is 16.7. The molecule has 11 heteroatoms. The maximum absolute atomic E-state index is 14.8. The average molecular weight is 768 g/mol. The summed E-state index contributed by atoms with van der Waals surface area (Å²) in [5.74, 6) is 11.9. The van der Waals surface area contributed by atoms with Gasteiger partial charge in [0.05, 0.1) is 7.11 Å². The molecule has 1 amide bonds. The Balaban J connectivity index is 1.62. The summed E-state index contributed by atoms with van der Waals surface area (Å²) in [6.07, 6.45) is -0.956. The molecule has 2 bridgehead atoms. The van der Waals surface area contributed by atoms with Gasteiger partial charge in [-0.1, -0.05) is 81.0 Å². The van der Waals surface area contributed by atoms with Crippen molar-refractivity contribution in [3.63, 3.8) is 0 Å². The summed E-state index contributed by atoms with van der Waals surface area (Å²) >= 11 is 0. The van der Waals surface area contributed by atoms with Gasteiger partial charge in [0.25, 0.3) is 0 Å². The van der Waals surface area contributed by atoms with Crippen LogP contribution in [0.4, 0.5) is 4.79 Å². The first kappa shape index (κ1) is 41.4. The SMILES string of the molecule is COc1ccc([C@H]2O[C@@H](C(=O)OC3CC4(O[Si](C)(C)C(C)(C)C)C#C/C=C\C#CC(OC(C)=O)C(=C3C)C4)[C@H](c3ccccc3)N2C(=O)OC(C)(C)C)cc1. The van der Waals surface area contributed by atoms with Crippen LogP contribution in [0.15, 0.2) is 77.9 Å². The monoisotopic (exact) mass is 767 g/mol. The number of methoxy groups -OCH3 is 1. The first-order valence-corrected chi connectivity index (χ1v) is 21.5. The molecule has 1 aliphatic heterocycles. The van der Waals surface area contributed by atoms with Crippen molar-refractivity contribution in [1.29, 1.82) is 0 Å². The number of ether oxygens (including phenoxy) is 5. The highest BCUT2D eigenvalue weighted by atomic mass is 28.4. The van der Waals surface area contributed by atoms with Gasteiger partial charge in [0.2, 0.25) is 0 Å². The minimum Gasteiger partial charge on any atom is -0.497 e. The molecule has 0 N–H and O–H groups in total. The van der Waals surface area contributed by atoms with E-state index in [4.69, 9.17) is 28.1 Å². The molecule has 3 aliphatic rings. The van der Waals surface area contributed by atoms with Gasteiger partial charge in [-0.2, -0.15) is 0 Å².